The third-order valence-corrected chi connectivity index (χ3v) is 3.96. The van der Waals surface area contributed by atoms with Crippen molar-refractivity contribution >= 4 is 23.6 Å². The summed E-state index contributed by atoms with van der Waals surface area (Å²) in [6.07, 6.45) is 0. The Balaban J connectivity index is 2.22. The summed E-state index contributed by atoms with van der Waals surface area (Å²) < 4.78 is 5.00. The summed E-state index contributed by atoms with van der Waals surface area (Å²) in [5, 5.41) is 8.67. The average Bonchev–Trinajstić information content (AvgIpc) is 2.52. The Bertz CT molecular complexity index is 297. The van der Waals surface area contributed by atoms with Gasteiger partial charge < -0.3 is 20.5 Å². The van der Waals surface area contributed by atoms with Gasteiger partial charge in [0.2, 0.25) is 5.91 Å². The summed E-state index contributed by atoms with van der Waals surface area (Å²) in [7, 11) is 1.43. The summed E-state index contributed by atoms with van der Waals surface area (Å²) in [6.45, 7) is 0. The predicted molar refractivity (Wildman–Crippen MR) is 48.4 cm³/mol. The van der Waals surface area contributed by atoms with Gasteiger partial charge in [0.1, 0.15) is 16.9 Å². The van der Waals surface area contributed by atoms with E-state index >= 15 is 0 Å². The van der Waals surface area contributed by atoms with Gasteiger partial charge in [0, 0.05) is 7.11 Å². The molecule has 0 aromatic rings. The summed E-state index contributed by atoms with van der Waals surface area (Å²) >= 11 is 1.29. The van der Waals surface area contributed by atoms with E-state index in [1.165, 1.54) is 23.8 Å². The molecule has 6 nitrogen and oxygen atoms in total. The highest BCUT2D eigenvalue weighted by Gasteiger charge is 2.59. The number of carbonyl (C=O) groups excluding carboxylic acids is 1. The first-order chi connectivity index (χ1) is 6.57. The molecule has 0 bridgehead atoms. The van der Waals surface area contributed by atoms with Crippen LogP contribution in [0, 0.1) is 0 Å². The fraction of sp³-hybridized carbons (Fsp3) is 0.714. The average molecular weight is 218 g/mol. The Morgan fingerprint density at radius 2 is 2.36 bits per heavy atom. The van der Waals surface area contributed by atoms with Crippen molar-refractivity contribution in [2.45, 2.75) is 22.9 Å². The molecule has 3 N–H and O–H groups in total. The smallest absolute Gasteiger partial charge is 0.330 e. The maximum Gasteiger partial charge on any atom is 0.330 e. The molecule has 2 fully saturated rings. The number of hydrogen-bond acceptors (Lipinski definition) is 5. The first kappa shape index (κ1) is 9.75. The van der Waals surface area contributed by atoms with Gasteiger partial charge in [-0.15, -0.1) is 11.8 Å². The molecule has 2 saturated heterocycles. The first-order valence-electron chi connectivity index (χ1n) is 4.06. The van der Waals surface area contributed by atoms with Gasteiger partial charge in [-0.1, -0.05) is 0 Å². The number of ether oxygens (including phenoxy) is 1. The second-order valence-electron chi connectivity index (χ2n) is 3.19. The van der Waals surface area contributed by atoms with Crippen LogP contribution < -0.4 is 5.73 Å². The predicted octanol–water partition coefficient (Wildman–Crippen LogP) is -1.35. The molecule has 7 heteroatoms. The number of thioether (sulfide) groups is 1. The number of β-lactam (4-membered cyclic amide) rings is 1. The van der Waals surface area contributed by atoms with Crippen molar-refractivity contribution in [3.05, 3.63) is 0 Å². The van der Waals surface area contributed by atoms with Crippen molar-refractivity contribution in [2.75, 3.05) is 7.11 Å². The number of aliphatic carboxylic acids is 1. The number of carboxylic acid groups (broad SMARTS) is 1. The van der Waals surface area contributed by atoms with E-state index in [1.807, 2.05) is 0 Å². The maximum absolute atomic E-state index is 11.3. The van der Waals surface area contributed by atoms with Crippen LogP contribution in [-0.4, -0.2) is 51.9 Å². The number of hydrogen-bond donors (Lipinski definition) is 2. The SMILES string of the molecule is COC1S[C@@H]2C(N)C(=O)N2C1C(=O)O. The van der Waals surface area contributed by atoms with Gasteiger partial charge >= 0.3 is 5.97 Å². The number of carbonyl (C=O) groups is 2. The summed E-state index contributed by atoms with van der Waals surface area (Å²) in [5.74, 6) is -1.36. The van der Waals surface area contributed by atoms with Crippen LogP contribution in [0.3, 0.4) is 0 Å². The molecule has 0 aliphatic carbocycles. The van der Waals surface area contributed by atoms with Gasteiger partial charge in [-0.3, -0.25) is 4.79 Å². The molecule has 2 heterocycles. The molecule has 2 rings (SSSR count). The van der Waals surface area contributed by atoms with Gasteiger partial charge in [0.15, 0.2) is 6.04 Å². The van der Waals surface area contributed by atoms with E-state index in [-0.39, 0.29) is 11.3 Å². The summed E-state index contributed by atoms with van der Waals surface area (Å²) in [6, 6.07) is -1.48. The second-order valence-corrected chi connectivity index (χ2v) is 4.40. The van der Waals surface area contributed by atoms with E-state index in [9.17, 15) is 9.59 Å². The summed E-state index contributed by atoms with van der Waals surface area (Å²) in [4.78, 5) is 23.5. The molecule has 2 aliphatic rings. The van der Waals surface area contributed by atoms with E-state index in [1.54, 1.807) is 0 Å². The Labute approximate surface area is 84.4 Å². The fourth-order valence-electron chi connectivity index (χ4n) is 1.72. The largest absolute Gasteiger partial charge is 0.480 e. The molecule has 0 saturated carbocycles. The van der Waals surface area contributed by atoms with Crippen molar-refractivity contribution in [1.82, 2.24) is 4.90 Å². The quantitative estimate of drug-likeness (QED) is 0.557. The van der Waals surface area contributed by atoms with E-state index in [0.29, 0.717) is 0 Å². The molecule has 3 unspecified atom stereocenters. The Morgan fingerprint density at radius 3 is 2.86 bits per heavy atom. The van der Waals surface area contributed by atoms with Crippen LogP contribution in [0.25, 0.3) is 0 Å². The standard InChI is InChI=1S/C7H10N2O4S/c1-13-7-3(6(11)12)9-4(10)2(8)5(9)14-7/h2-3,5,7H,8H2,1H3,(H,11,12)/t2?,3?,5-,7?/m1/s1. The van der Waals surface area contributed by atoms with Gasteiger partial charge in [-0.2, -0.15) is 0 Å². The van der Waals surface area contributed by atoms with Crippen LogP contribution >= 0.6 is 11.8 Å². The molecular formula is C7H10N2O4S. The molecule has 2 aliphatic heterocycles. The minimum atomic E-state index is -1.05. The van der Waals surface area contributed by atoms with Gasteiger partial charge in [-0.25, -0.2) is 4.79 Å². The topological polar surface area (TPSA) is 92.9 Å². The van der Waals surface area contributed by atoms with E-state index in [2.05, 4.69) is 0 Å². The van der Waals surface area contributed by atoms with E-state index in [4.69, 9.17) is 15.6 Å². The molecule has 0 aromatic carbocycles. The lowest BCUT2D eigenvalue weighted by atomic mass is 10.1. The van der Waals surface area contributed by atoms with Crippen molar-refractivity contribution in [1.29, 1.82) is 0 Å². The minimum absolute atomic E-state index is 0.242. The van der Waals surface area contributed by atoms with Gasteiger partial charge in [-0.05, 0) is 0 Å². The Morgan fingerprint density at radius 1 is 1.71 bits per heavy atom. The van der Waals surface area contributed by atoms with Crippen molar-refractivity contribution in [3.8, 4) is 0 Å². The van der Waals surface area contributed by atoms with Crippen LogP contribution in [-0.2, 0) is 14.3 Å². The maximum atomic E-state index is 11.3. The zero-order chi connectivity index (χ0) is 10.5. The lowest BCUT2D eigenvalue weighted by Crippen LogP contribution is -2.68. The van der Waals surface area contributed by atoms with Gasteiger partial charge in [0.25, 0.3) is 0 Å². The fourth-order valence-corrected chi connectivity index (χ4v) is 3.15. The van der Waals surface area contributed by atoms with Crippen LogP contribution in [0.4, 0.5) is 0 Å². The molecular weight excluding hydrogens is 208 g/mol. The zero-order valence-corrected chi connectivity index (χ0v) is 8.23. The Kier molecular flexibility index (Phi) is 2.17. The van der Waals surface area contributed by atoms with Crippen molar-refractivity contribution in [2.24, 2.45) is 5.73 Å². The lowest BCUT2D eigenvalue weighted by molar-refractivity contribution is -0.160. The molecule has 14 heavy (non-hydrogen) atoms. The van der Waals surface area contributed by atoms with Gasteiger partial charge in [0.05, 0.1) is 0 Å². The number of nitrogens with two attached hydrogens (primary N) is 1. The molecule has 0 aromatic heterocycles. The number of nitrogens with zero attached hydrogens (tertiary/aromatic N) is 1. The zero-order valence-electron chi connectivity index (χ0n) is 7.41. The number of carboxylic acids is 1. The number of amides is 1. The van der Waals surface area contributed by atoms with Crippen molar-refractivity contribution in [3.63, 3.8) is 0 Å². The normalized spacial score (nSPS) is 40.7. The van der Waals surface area contributed by atoms with Crippen LogP contribution in [0.15, 0.2) is 0 Å². The van der Waals surface area contributed by atoms with E-state index < -0.39 is 23.5 Å². The summed E-state index contributed by atoms with van der Waals surface area (Å²) in [5.41, 5.74) is 5.01. The lowest BCUT2D eigenvalue weighted by Gasteiger charge is -2.40. The number of rotatable bonds is 2. The molecule has 0 spiro atoms. The number of methoxy groups -OCH3 is 1. The highest BCUT2D eigenvalue weighted by Crippen LogP contribution is 2.43. The highest BCUT2D eigenvalue weighted by atomic mass is 32.2. The minimum Gasteiger partial charge on any atom is -0.480 e. The third-order valence-electron chi connectivity index (χ3n) is 2.44. The molecule has 78 valence electrons. The number of fused-ring (bicyclic) bond motifs is 1. The highest BCUT2D eigenvalue weighted by molar-refractivity contribution is 8.00. The monoisotopic (exact) mass is 218 g/mol. The van der Waals surface area contributed by atoms with Crippen LogP contribution in [0.2, 0.25) is 0 Å². The van der Waals surface area contributed by atoms with E-state index in [0.717, 1.165) is 0 Å². The molecule has 1 amide bonds. The first-order valence-corrected chi connectivity index (χ1v) is 5.01. The molecule has 4 atom stereocenters. The third kappa shape index (κ3) is 1.06. The van der Waals surface area contributed by atoms with Crippen molar-refractivity contribution < 1.29 is 19.4 Å². The molecule has 0 radical (unpaired) electrons. The Hall–Kier alpha value is -0.790. The van der Waals surface area contributed by atoms with Crippen LogP contribution in [0.1, 0.15) is 0 Å². The van der Waals surface area contributed by atoms with Crippen LogP contribution in [0.5, 0.6) is 0 Å². The second kappa shape index (κ2) is 3.11.